The molecule has 2 aromatic heterocycles. The van der Waals surface area contributed by atoms with Crippen LogP contribution in [0.2, 0.25) is 0 Å². The molecule has 1 amide bonds. The van der Waals surface area contributed by atoms with E-state index in [4.69, 9.17) is 9.15 Å². The van der Waals surface area contributed by atoms with Crippen molar-refractivity contribution >= 4 is 23.0 Å². The van der Waals surface area contributed by atoms with E-state index in [0.29, 0.717) is 17.1 Å². The standard InChI is InChI=1S/C25H21FN2O3/c1-17(24-15-19-6-3-4-8-22(19)31-24)28(2)25(29)12-10-18-9-11-23(21(26)14-18)30-20-7-5-13-27-16-20/h3-17H,1-2H3/b12-10+. The molecule has 0 aliphatic rings. The van der Waals surface area contributed by atoms with Crippen LogP contribution in [0.4, 0.5) is 4.39 Å². The molecule has 5 nitrogen and oxygen atoms in total. The molecule has 156 valence electrons. The van der Waals surface area contributed by atoms with Crippen LogP contribution in [0.25, 0.3) is 17.0 Å². The summed E-state index contributed by atoms with van der Waals surface area (Å²) >= 11 is 0. The molecule has 0 fully saturated rings. The third-order valence-corrected chi connectivity index (χ3v) is 5.02. The van der Waals surface area contributed by atoms with Crippen molar-refractivity contribution < 1.29 is 18.3 Å². The summed E-state index contributed by atoms with van der Waals surface area (Å²) in [5, 5.41) is 0.991. The van der Waals surface area contributed by atoms with Gasteiger partial charge in [-0.1, -0.05) is 24.3 Å². The Balaban J connectivity index is 1.43. The van der Waals surface area contributed by atoms with Gasteiger partial charge in [0.05, 0.1) is 12.2 Å². The Morgan fingerprint density at radius 3 is 2.74 bits per heavy atom. The highest BCUT2D eigenvalue weighted by Gasteiger charge is 2.19. The number of halogens is 1. The molecule has 4 aromatic rings. The van der Waals surface area contributed by atoms with Crippen molar-refractivity contribution in [1.82, 2.24) is 9.88 Å². The molecule has 0 radical (unpaired) electrons. The number of hydrogen-bond donors (Lipinski definition) is 0. The number of para-hydroxylation sites is 1. The lowest BCUT2D eigenvalue weighted by Crippen LogP contribution is -2.27. The van der Waals surface area contributed by atoms with Crippen LogP contribution >= 0.6 is 0 Å². The smallest absolute Gasteiger partial charge is 0.246 e. The first-order valence-corrected chi connectivity index (χ1v) is 9.82. The van der Waals surface area contributed by atoms with Gasteiger partial charge < -0.3 is 14.1 Å². The summed E-state index contributed by atoms with van der Waals surface area (Å²) in [5.41, 5.74) is 1.33. The highest BCUT2D eigenvalue weighted by Crippen LogP contribution is 2.27. The predicted octanol–water partition coefficient (Wildman–Crippen LogP) is 5.99. The number of fused-ring (bicyclic) bond motifs is 1. The number of likely N-dealkylation sites (N-methyl/N-ethyl adjacent to an activating group) is 1. The minimum Gasteiger partial charge on any atom is -0.459 e. The fourth-order valence-electron chi connectivity index (χ4n) is 3.11. The van der Waals surface area contributed by atoms with Crippen LogP contribution in [0.5, 0.6) is 11.5 Å². The molecule has 2 aromatic carbocycles. The monoisotopic (exact) mass is 416 g/mol. The molecule has 0 aliphatic heterocycles. The highest BCUT2D eigenvalue weighted by molar-refractivity contribution is 5.92. The molecule has 0 N–H and O–H groups in total. The summed E-state index contributed by atoms with van der Waals surface area (Å²) in [5.74, 6) is 0.494. The Labute approximate surface area is 179 Å². The number of pyridine rings is 1. The van der Waals surface area contributed by atoms with Crippen LogP contribution in [0, 0.1) is 5.82 Å². The van der Waals surface area contributed by atoms with Gasteiger partial charge in [0.1, 0.15) is 17.1 Å². The van der Waals surface area contributed by atoms with Gasteiger partial charge in [-0.2, -0.15) is 0 Å². The van der Waals surface area contributed by atoms with Crippen molar-refractivity contribution in [3.8, 4) is 11.5 Å². The number of carbonyl (C=O) groups excluding carboxylic acids is 1. The topological polar surface area (TPSA) is 55.6 Å². The summed E-state index contributed by atoms with van der Waals surface area (Å²) in [4.78, 5) is 18.1. The zero-order chi connectivity index (χ0) is 21.8. The van der Waals surface area contributed by atoms with Crippen molar-refractivity contribution in [2.24, 2.45) is 0 Å². The van der Waals surface area contributed by atoms with Crippen LogP contribution in [0.15, 0.2) is 83.6 Å². The normalized spacial score (nSPS) is 12.2. The van der Waals surface area contributed by atoms with E-state index in [9.17, 15) is 9.18 Å². The van der Waals surface area contributed by atoms with Gasteiger partial charge in [-0.05, 0) is 55.0 Å². The van der Waals surface area contributed by atoms with E-state index in [2.05, 4.69) is 4.98 Å². The number of amides is 1. The fraction of sp³-hybridized carbons (Fsp3) is 0.120. The van der Waals surface area contributed by atoms with Gasteiger partial charge >= 0.3 is 0 Å². The van der Waals surface area contributed by atoms with Crippen molar-refractivity contribution in [3.63, 3.8) is 0 Å². The van der Waals surface area contributed by atoms with Gasteiger partial charge in [-0.15, -0.1) is 0 Å². The zero-order valence-corrected chi connectivity index (χ0v) is 17.2. The lowest BCUT2D eigenvalue weighted by atomic mass is 10.1. The van der Waals surface area contributed by atoms with E-state index in [1.54, 1.807) is 42.4 Å². The van der Waals surface area contributed by atoms with Crippen molar-refractivity contribution in [2.45, 2.75) is 13.0 Å². The second kappa shape index (κ2) is 8.83. The maximum atomic E-state index is 14.4. The number of ether oxygens (including phenoxy) is 1. The van der Waals surface area contributed by atoms with Crippen LogP contribution in [0.3, 0.4) is 0 Å². The van der Waals surface area contributed by atoms with Crippen molar-refractivity contribution in [3.05, 3.63) is 96.3 Å². The maximum Gasteiger partial charge on any atom is 0.246 e. The lowest BCUT2D eigenvalue weighted by Gasteiger charge is -2.21. The second-order valence-electron chi connectivity index (χ2n) is 7.13. The Kier molecular flexibility index (Phi) is 5.80. The van der Waals surface area contributed by atoms with E-state index < -0.39 is 5.82 Å². The van der Waals surface area contributed by atoms with E-state index in [0.717, 1.165) is 11.0 Å². The molecule has 0 saturated heterocycles. The van der Waals surface area contributed by atoms with Gasteiger partial charge in [-0.3, -0.25) is 9.78 Å². The molecule has 6 heteroatoms. The van der Waals surface area contributed by atoms with Crippen molar-refractivity contribution in [2.75, 3.05) is 7.05 Å². The summed E-state index contributed by atoms with van der Waals surface area (Å²) < 4.78 is 25.7. The van der Waals surface area contributed by atoms with Crippen LogP contribution < -0.4 is 4.74 Å². The SMILES string of the molecule is CC(c1cc2ccccc2o1)N(C)C(=O)/C=C/c1ccc(Oc2cccnc2)c(F)c1. The van der Waals surface area contributed by atoms with Gasteiger partial charge in [0.2, 0.25) is 5.91 Å². The third-order valence-electron chi connectivity index (χ3n) is 5.02. The van der Waals surface area contributed by atoms with Crippen LogP contribution in [-0.2, 0) is 4.79 Å². The maximum absolute atomic E-state index is 14.4. The molecule has 0 saturated carbocycles. The number of rotatable bonds is 6. The number of hydrogen-bond acceptors (Lipinski definition) is 4. The Morgan fingerprint density at radius 2 is 2.00 bits per heavy atom. The quantitative estimate of drug-likeness (QED) is 0.362. The van der Waals surface area contributed by atoms with E-state index in [-0.39, 0.29) is 17.7 Å². The minimum atomic E-state index is -0.526. The lowest BCUT2D eigenvalue weighted by molar-refractivity contribution is -0.126. The average Bonchev–Trinajstić information content (AvgIpc) is 3.23. The second-order valence-corrected chi connectivity index (χ2v) is 7.13. The van der Waals surface area contributed by atoms with Crippen molar-refractivity contribution in [1.29, 1.82) is 0 Å². The number of benzene rings is 2. The molecule has 2 heterocycles. The molecule has 31 heavy (non-hydrogen) atoms. The summed E-state index contributed by atoms with van der Waals surface area (Å²) in [6.45, 7) is 1.90. The van der Waals surface area contributed by atoms with E-state index >= 15 is 0 Å². The Bertz CT molecular complexity index is 1200. The molecule has 0 aliphatic carbocycles. The molecular formula is C25H21FN2O3. The molecule has 0 spiro atoms. The highest BCUT2D eigenvalue weighted by atomic mass is 19.1. The molecule has 4 rings (SSSR count). The van der Waals surface area contributed by atoms with E-state index in [1.165, 1.54) is 24.4 Å². The fourth-order valence-corrected chi connectivity index (χ4v) is 3.11. The molecule has 0 bridgehead atoms. The van der Waals surface area contributed by atoms with Gasteiger partial charge in [0.25, 0.3) is 0 Å². The van der Waals surface area contributed by atoms with E-state index in [1.807, 2.05) is 37.3 Å². The third kappa shape index (κ3) is 4.64. The number of carbonyl (C=O) groups is 1. The van der Waals surface area contributed by atoms with Crippen LogP contribution in [0.1, 0.15) is 24.3 Å². The van der Waals surface area contributed by atoms with Gasteiger partial charge in [-0.25, -0.2) is 4.39 Å². The molecule has 1 unspecified atom stereocenters. The minimum absolute atomic E-state index is 0.0899. The summed E-state index contributed by atoms with van der Waals surface area (Å²) in [7, 11) is 1.70. The predicted molar refractivity (Wildman–Crippen MR) is 117 cm³/mol. The number of aromatic nitrogens is 1. The van der Waals surface area contributed by atoms with Gasteiger partial charge in [0.15, 0.2) is 11.6 Å². The Hall–Kier alpha value is -3.93. The first kappa shape index (κ1) is 20.3. The zero-order valence-electron chi connectivity index (χ0n) is 17.2. The Morgan fingerprint density at radius 1 is 1.16 bits per heavy atom. The first-order valence-electron chi connectivity index (χ1n) is 9.82. The molecule has 1 atom stereocenters. The number of nitrogens with zero attached hydrogens (tertiary/aromatic N) is 2. The van der Waals surface area contributed by atoms with Gasteiger partial charge in [0, 0.05) is 24.7 Å². The molecular weight excluding hydrogens is 395 g/mol. The summed E-state index contributed by atoms with van der Waals surface area (Å²) in [6, 6.07) is 17.3. The first-order chi connectivity index (χ1) is 15.0. The van der Waals surface area contributed by atoms with Crippen LogP contribution in [-0.4, -0.2) is 22.8 Å². The summed E-state index contributed by atoms with van der Waals surface area (Å²) in [6.07, 6.45) is 6.10. The average molecular weight is 416 g/mol. The largest absolute Gasteiger partial charge is 0.459 e. The number of furan rings is 1.